The lowest BCUT2D eigenvalue weighted by Gasteiger charge is -2.22. The van der Waals surface area contributed by atoms with Gasteiger partial charge in [-0.3, -0.25) is 14.4 Å². The number of hydrogen-bond acceptors (Lipinski definition) is 5. The average molecular weight is 397 g/mol. The first kappa shape index (κ1) is 20.8. The van der Waals surface area contributed by atoms with Gasteiger partial charge in [0.2, 0.25) is 0 Å². The molecule has 0 saturated heterocycles. The number of carbonyl (C=O) groups excluding carboxylic acids is 3. The predicted octanol–water partition coefficient (Wildman–Crippen LogP) is 4.26. The maximum Gasteiger partial charge on any atom is 0.306 e. The number of benzene rings is 1. The van der Waals surface area contributed by atoms with Gasteiger partial charge in [-0.25, -0.2) is 0 Å². The van der Waals surface area contributed by atoms with Crippen LogP contribution >= 0.6 is 0 Å². The Balaban J connectivity index is 1.34. The van der Waals surface area contributed by atoms with E-state index in [1.165, 1.54) is 43.9 Å². The Morgan fingerprint density at radius 1 is 1.03 bits per heavy atom. The zero-order valence-electron chi connectivity index (χ0n) is 16.5. The summed E-state index contributed by atoms with van der Waals surface area (Å²) < 4.78 is 10.0. The smallest absolute Gasteiger partial charge is 0.306 e. The van der Waals surface area contributed by atoms with Crippen molar-refractivity contribution in [2.45, 2.75) is 50.9 Å². The van der Waals surface area contributed by atoms with E-state index in [9.17, 15) is 14.4 Å². The van der Waals surface area contributed by atoms with Gasteiger partial charge < -0.3 is 14.5 Å². The van der Waals surface area contributed by atoms with Gasteiger partial charge in [0.25, 0.3) is 5.91 Å². The summed E-state index contributed by atoms with van der Waals surface area (Å²) in [6.45, 7) is 0.0611. The molecule has 1 saturated carbocycles. The largest absolute Gasteiger partial charge is 0.459 e. The molecule has 6 heteroatoms. The highest BCUT2D eigenvalue weighted by atomic mass is 16.5. The summed E-state index contributed by atoms with van der Waals surface area (Å²) in [7, 11) is 0. The first-order valence-corrected chi connectivity index (χ1v) is 10.2. The molecule has 1 aliphatic carbocycles. The minimum Gasteiger partial charge on any atom is -0.459 e. The van der Waals surface area contributed by atoms with Gasteiger partial charge in [0, 0.05) is 18.5 Å². The van der Waals surface area contributed by atoms with Crippen LogP contribution in [0.4, 0.5) is 0 Å². The summed E-state index contributed by atoms with van der Waals surface area (Å²) in [4.78, 5) is 35.7. The fraction of sp³-hybridized carbons (Fsp3) is 0.435. The molecular weight excluding hydrogens is 370 g/mol. The van der Waals surface area contributed by atoms with E-state index < -0.39 is 5.97 Å². The van der Waals surface area contributed by atoms with Crippen molar-refractivity contribution in [3.05, 3.63) is 59.5 Å². The second-order valence-corrected chi connectivity index (χ2v) is 7.38. The van der Waals surface area contributed by atoms with Crippen LogP contribution in [-0.2, 0) is 9.53 Å². The van der Waals surface area contributed by atoms with E-state index in [4.69, 9.17) is 9.15 Å². The third-order valence-corrected chi connectivity index (χ3v) is 5.26. The molecule has 0 spiro atoms. The number of ether oxygens (including phenoxy) is 1. The van der Waals surface area contributed by atoms with E-state index in [0.717, 1.165) is 0 Å². The van der Waals surface area contributed by atoms with Crippen molar-refractivity contribution >= 4 is 17.7 Å². The van der Waals surface area contributed by atoms with E-state index in [0.29, 0.717) is 24.4 Å². The SMILES string of the molecule is O=C(CCCNC(=O)c1ccco1)OCC(=O)c1ccc(C2CCCCC2)cc1. The Hall–Kier alpha value is -2.89. The molecule has 154 valence electrons. The third-order valence-electron chi connectivity index (χ3n) is 5.26. The van der Waals surface area contributed by atoms with Crippen LogP contribution in [0.2, 0.25) is 0 Å². The molecule has 0 radical (unpaired) electrons. The van der Waals surface area contributed by atoms with Gasteiger partial charge in [0.15, 0.2) is 18.2 Å². The zero-order chi connectivity index (χ0) is 20.5. The molecule has 0 atom stereocenters. The van der Waals surface area contributed by atoms with Crippen molar-refractivity contribution in [2.24, 2.45) is 0 Å². The fourth-order valence-electron chi connectivity index (χ4n) is 3.61. The molecule has 1 N–H and O–H groups in total. The summed E-state index contributed by atoms with van der Waals surface area (Å²) in [5, 5.41) is 2.66. The lowest BCUT2D eigenvalue weighted by molar-refractivity contribution is -0.142. The number of hydrogen-bond donors (Lipinski definition) is 1. The highest BCUT2D eigenvalue weighted by molar-refractivity contribution is 5.98. The van der Waals surface area contributed by atoms with Crippen molar-refractivity contribution in [2.75, 3.05) is 13.2 Å². The second kappa shape index (κ2) is 10.6. The number of esters is 1. The summed E-state index contributed by atoms with van der Waals surface area (Å²) >= 11 is 0. The lowest BCUT2D eigenvalue weighted by atomic mass is 9.84. The van der Waals surface area contributed by atoms with Crippen molar-refractivity contribution in [3.63, 3.8) is 0 Å². The molecule has 1 fully saturated rings. The summed E-state index contributed by atoms with van der Waals surface area (Å²) in [6, 6.07) is 10.9. The number of ketones is 1. The van der Waals surface area contributed by atoms with E-state index in [2.05, 4.69) is 5.32 Å². The van der Waals surface area contributed by atoms with Gasteiger partial charge in [0.05, 0.1) is 6.26 Å². The summed E-state index contributed by atoms with van der Waals surface area (Å²) in [5.41, 5.74) is 1.85. The molecule has 0 unspecified atom stereocenters. The van der Waals surface area contributed by atoms with Crippen molar-refractivity contribution in [1.82, 2.24) is 5.32 Å². The first-order chi connectivity index (χ1) is 14.1. The molecule has 1 amide bonds. The maximum absolute atomic E-state index is 12.2. The van der Waals surface area contributed by atoms with E-state index in [1.54, 1.807) is 12.1 Å². The van der Waals surface area contributed by atoms with Crippen LogP contribution < -0.4 is 5.32 Å². The van der Waals surface area contributed by atoms with E-state index in [1.807, 2.05) is 24.3 Å². The quantitative estimate of drug-likeness (QED) is 0.388. The minimum absolute atomic E-state index is 0.131. The van der Waals surface area contributed by atoms with Crippen LogP contribution in [0.25, 0.3) is 0 Å². The van der Waals surface area contributed by atoms with Crippen LogP contribution in [0, 0.1) is 0 Å². The Labute approximate surface area is 170 Å². The molecule has 1 aromatic carbocycles. The summed E-state index contributed by atoms with van der Waals surface area (Å²) in [6.07, 6.45) is 8.27. The molecule has 0 bridgehead atoms. The van der Waals surface area contributed by atoms with Crippen molar-refractivity contribution < 1.29 is 23.5 Å². The van der Waals surface area contributed by atoms with Crippen LogP contribution in [0.5, 0.6) is 0 Å². The topological polar surface area (TPSA) is 85.6 Å². The number of furan rings is 1. The van der Waals surface area contributed by atoms with Gasteiger partial charge in [0.1, 0.15) is 0 Å². The zero-order valence-corrected chi connectivity index (χ0v) is 16.5. The molecule has 1 heterocycles. The molecule has 3 rings (SSSR count). The minimum atomic E-state index is -0.454. The number of nitrogens with one attached hydrogen (secondary N) is 1. The maximum atomic E-state index is 12.2. The van der Waals surface area contributed by atoms with Crippen molar-refractivity contribution in [3.8, 4) is 0 Å². The number of rotatable bonds is 9. The summed E-state index contributed by atoms with van der Waals surface area (Å²) in [5.74, 6) is -0.161. The van der Waals surface area contributed by atoms with Gasteiger partial charge in [-0.15, -0.1) is 0 Å². The monoisotopic (exact) mass is 397 g/mol. The predicted molar refractivity (Wildman–Crippen MR) is 108 cm³/mol. The van der Waals surface area contributed by atoms with Gasteiger partial charge in [-0.05, 0) is 42.9 Å². The highest BCUT2D eigenvalue weighted by Gasteiger charge is 2.16. The highest BCUT2D eigenvalue weighted by Crippen LogP contribution is 2.32. The molecule has 2 aromatic rings. The fourth-order valence-corrected chi connectivity index (χ4v) is 3.61. The van der Waals surface area contributed by atoms with Crippen LogP contribution in [0.1, 0.15) is 77.3 Å². The molecule has 0 aliphatic heterocycles. The van der Waals surface area contributed by atoms with E-state index >= 15 is 0 Å². The Morgan fingerprint density at radius 3 is 2.48 bits per heavy atom. The first-order valence-electron chi connectivity index (χ1n) is 10.2. The van der Waals surface area contributed by atoms with Crippen LogP contribution in [0.15, 0.2) is 47.1 Å². The number of carbonyl (C=O) groups is 3. The van der Waals surface area contributed by atoms with E-state index in [-0.39, 0.29) is 30.5 Å². The van der Waals surface area contributed by atoms with Gasteiger partial charge in [-0.1, -0.05) is 43.5 Å². The molecular formula is C23H27NO5. The van der Waals surface area contributed by atoms with Gasteiger partial charge >= 0.3 is 5.97 Å². The van der Waals surface area contributed by atoms with Crippen molar-refractivity contribution in [1.29, 1.82) is 0 Å². The number of amides is 1. The second-order valence-electron chi connectivity index (χ2n) is 7.38. The van der Waals surface area contributed by atoms with Gasteiger partial charge in [-0.2, -0.15) is 0 Å². The average Bonchev–Trinajstić information content (AvgIpc) is 3.31. The van der Waals surface area contributed by atoms with Crippen LogP contribution in [-0.4, -0.2) is 30.8 Å². The molecule has 1 aliphatic rings. The standard InChI is InChI=1S/C23H27NO5/c25-20(19-12-10-18(11-13-19)17-6-2-1-3-7-17)16-29-22(26)9-4-14-24-23(27)21-8-5-15-28-21/h5,8,10-13,15,17H,1-4,6-7,9,14,16H2,(H,24,27). The Kier molecular flexibility index (Phi) is 7.61. The Bertz CT molecular complexity index is 804. The molecule has 1 aromatic heterocycles. The Morgan fingerprint density at radius 2 is 1.79 bits per heavy atom. The van der Waals surface area contributed by atoms with Crippen LogP contribution in [0.3, 0.4) is 0 Å². The third kappa shape index (κ3) is 6.31. The molecule has 6 nitrogen and oxygen atoms in total. The normalized spacial score (nSPS) is 14.3. The molecule has 29 heavy (non-hydrogen) atoms. The lowest BCUT2D eigenvalue weighted by Crippen LogP contribution is -2.24. The number of Topliss-reactive ketones (excluding diaryl/α,β-unsaturated/α-hetero) is 1.